The molecular weight excluding hydrogens is 241 g/mol. The molecule has 0 N–H and O–H groups in total. The highest BCUT2D eigenvalue weighted by atomic mass is 19.1. The van der Waals surface area contributed by atoms with Gasteiger partial charge in [-0.3, -0.25) is 9.80 Å². The van der Waals surface area contributed by atoms with Crippen molar-refractivity contribution in [2.45, 2.75) is 25.4 Å². The van der Waals surface area contributed by atoms with Crippen LogP contribution in [0.15, 0.2) is 18.2 Å². The quantitative estimate of drug-likeness (QED) is 0.831. The van der Waals surface area contributed by atoms with E-state index < -0.39 is 0 Å². The Morgan fingerprint density at radius 3 is 2.53 bits per heavy atom. The summed E-state index contributed by atoms with van der Waals surface area (Å²) in [5, 5.41) is 8.86. The molecule has 100 valence electrons. The van der Waals surface area contributed by atoms with E-state index >= 15 is 0 Å². The summed E-state index contributed by atoms with van der Waals surface area (Å²) in [7, 11) is 0. The highest BCUT2D eigenvalue weighted by Gasteiger charge is 2.31. The van der Waals surface area contributed by atoms with Crippen LogP contribution in [0, 0.1) is 17.1 Å². The van der Waals surface area contributed by atoms with E-state index in [-0.39, 0.29) is 5.82 Å². The molecule has 0 atom stereocenters. The molecule has 1 saturated heterocycles. The largest absolute Gasteiger partial charge is 0.298 e. The van der Waals surface area contributed by atoms with E-state index in [1.54, 1.807) is 6.07 Å². The number of nitriles is 1. The zero-order valence-corrected chi connectivity index (χ0v) is 11.0. The van der Waals surface area contributed by atoms with Crippen LogP contribution in [0.2, 0.25) is 0 Å². The van der Waals surface area contributed by atoms with Crippen LogP contribution in [0.3, 0.4) is 0 Å². The van der Waals surface area contributed by atoms with Gasteiger partial charge in [-0.2, -0.15) is 5.26 Å². The van der Waals surface area contributed by atoms with Gasteiger partial charge in [-0.1, -0.05) is 0 Å². The van der Waals surface area contributed by atoms with E-state index in [0.717, 1.165) is 44.3 Å². The van der Waals surface area contributed by atoms with Gasteiger partial charge in [0.1, 0.15) is 5.82 Å². The normalized spacial score (nSPS) is 21.3. The molecule has 1 aromatic carbocycles. The van der Waals surface area contributed by atoms with Crippen LogP contribution in [0.4, 0.5) is 4.39 Å². The Labute approximate surface area is 113 Å². The van der Waals surface area contributed by atoms with Crippen LogP contribution < -0.4 is 0 Å². The molecular formula is C15H18FN3. The first kappa shape index (κ1) is 12.6. The van der Waals surface area contributed by atoms with Crippen molar-refractivity contribution in [3.63, 3.8) is 0 Å². The van der Waals surface area contributed by atoms with Crippen molar-refractivity contribution in [2.75, 3.05) is 26.2 Å². The molecule has 4 heteroatoms. The van der Waals surface area contributed by atoms with Crippen LogP contribution in [-0.2, 0) is 6.54 Å². The summed E-state index contributed by atoms with van der Waals surface area (Å²) < 4.78 is 13.4. The molecule has 19 heavy (non-hydrogen) atoms. The summed E-state index contributed by atoms with van der Waals surface area (Å²) in [4.78, 5) is 4.90. The van der Waals surface area contributed by atoms with Gasteiger partial charge >= 0.3 is 0 Å². The van der Waals surface area contributed by atoms with Crippen LogP contribution in [0.5, 0.6) is 0 Å². The van der Waals surface area contributed by atoms with Gasteiger partial charge in [-0.25, -0.2) is 4.39 Å². The van der Waals surface area contributed by atoms with Crippen molar-refractivity contribution < 1.29 is 4.39 Å². The molecule has 1 saturated carbocycles. The number of hydrogen-bond acceptors (Lipinski definition) is 3. The summed E-state index contributed by atoms with van der Waals surface area (Å²) in [5.74, 6) is -0.314. The van der Waals surface area contributed by atoms with Gasteiger partial charge < -0.3 is 0 Å². The standard InChI is InChI=1S/C15H18FN3/c16-14-8-12(10-17)7-13(9-14)11-18-3-5-19(6-4-18)15-1-2-15/h7-9,15H,1-6,11H2. The molecule has 0 radical (unpaired) electrons. The van der Waals surface area contributed by atoms with E-state index in [9.17, 15) is 4.39 Å². The van der Waals surface area contributed by atoms with E-state index in [1.165, 1.54) is 25.0 Å². The Kier molecular flexibility index (Phi) is 3.50. The van der Waals surface area contributed by atoms with E-state index in [2.05, 4.69) is 9.80 Å². The first-order valence-electron chi connectivity index (χ1n) is 6.90. The van der Waals surface area contributed by atoms with E-state index in [4.69, 9.17) is 5.26 Å². The molecule has 3 rings (SSSR count). The van der Waals surface area contributed by atoms with Gasteiger partial charge in [-0.05, 0) is 36.6 Å². The number of benzene rings is 1. The lowest BCUT2D eigenvalue weighted by atomic mass is 10.1. The number of halogens is 1. The predicted octanol–water partition coefficient (Wildman–Crippen LogP) is 1.98. The molecule has 1 aliphatic heterocycles. The summed E-state index contributed by atoms with van der Waals surface area (Å²) >= 11 is 0. The molecule has 3 nitrogen and oxygen atoms in total. The Bertz CT molecular complexity index is 497. The van der Waals surface area contributed by atoms with Gasteiger partial charge in [-0.15, -0.1) is 0 Å². The monoisotopic (exact) mass is 259 g/mol. The minimum atomic E-state index is -0.314. The molecule has 1 aromatic rings. The zero-order valence-electron chi connectivity index (χ0n) is 11.0. The number of nitrogens with zero attached hydrogens (tertiary/aromatic N) is 3. The Morgan fingerprint density at radius 2 is 1.89 bits per heavy atom. The molecule has 0 spiro atoms. The third-order valence-electron chi connectivity index (χ3n) is 3.96. The predicted molar refractivity (Wildman–Crippen MR) is 71.0 cm³/mol. The topological polar surface area (TPSA) is 30.3 Å². The van der Waals surface area contributed by atoms with Crippen molar-refractivity contribution in [3.05, 3.63) is 35.1 Å². The average molecular weight is 259 g/mol. The van der Waals surface area contributed by atoms with Gasteiger partial charge in [0.05, 0.1) is 11.6 Å². The number of hydrogen-bond donors (Lipinski definition) is 0. The van der Waals surface area contributed by atoms with Crippen molar-refractivity contribution in [1.82, 2.24) is 9.80 Å². The molecule has 0 aromatic heterocycles. The first-order valence-corrected chi connectivity index (χ1v) is 6.90. The lowest BCUT2D eigenvalue weighted by molar-refractivity contribution is 0.121. The molecule has 1 heterocycles. The first-order chi connectivity index (χ1) is 9.24. The van der Waals surface area contributed by atoms with Crippen LogP contribution in [0.1, 0.15) is 24.0 Å². The maximum Gasteiger partial charge on any atom is 0.124 e. The maximum atomic E-state index is 13.4. The molecule has 1 aliphatic carbocycles. The van der Waals surface area contributed by atoms with Crippen LogP contribution in [-0.4, -0.2) is 42.0 Å². The van der Waals surface area contributed by atoms with E-state index in [1.807, 2.05) is 6.07 Å². The van der Waals surface area contributed by atoms with Gasteiger partial charge in [0.15, 0.2) is 0 Å². The Hall–Kier alpha value is -1.44. The third-order valence-corrected chi connectivity index (χ3v) is 3.96. The third kappa shape index (κ3) is 3.12. The van der Waals surface area contributed by atoms with Crippen molar-refractivity contribution in [3.8, 4) is 6.07 Å². The second kappa shape index (κ2) is 5.28. The van der Waals surface area contributed by atoms with Crippen molar-refractivity contribution >= 4 is 0 Å². The Morgan fingerprint density at radius 1 is 1.16 bits per heavy atom. The lowest BCUT2D eigenvalue weighted by Crippen LogP contribution is -2.46. The second-order valence-electron chi connectivity index (χ2n) is 5.50. The van der Waals surface area contributed by atoms with Gasteiger partial charge in [0, 0.05) is 38.8 Å². The summed E-state index contributed by atoms with van der Waals surface area (Å²) in [6.07, 6.45) is 2.71. The highest BCUT2D eigenvalue weighted by molar-refractivity contribution is 5.33. The molecule has 2 aliphatic rings. The smallest absolute Gasteiger partial charge is 0.124 e. The minimum absolute atomic E-state index is 0.314. The van der Waals surface area contributed by atoms with Gasteiger partial charge in [0.2, 0.25) is 0 Å². The summed E-state index contributed by atoms with van der Waals surface area (Å²) in [5.41, 5.74) is 1.31. The molecule has 0 unspecified atom stereocenters. The fourth-order valence-electron chi connectivity index (χ4n) is 2.79. The fourth-order valence-corrected chi connectivity index (χ4v) is 2.79. The van der Waals surface area contributed by atoms with Crippen molar-refractivity contribution in [2.24, 2.45) is 0 Å². The molecule has 0 amide bonds. The van der Waals surface area contributed by atoms with Crippen LogP contribution >= 0.6 is 0 Å². The fraction of sp³-hybridized carbons (Fsp3) is 0.533. The SMILES string of the molecule is N#Cc1cc(F)cc(CN2CCN(C3CC3)CC2)c1. The van der Waals surface area contributed by atoms with E-state index in [0.29, 0.717) is 5.56 Å². The lowest BCUT2D eigenvalue weighted by Gasteiger charge is -2.34. The summed E-state index contributed by atoms with van der Waals surface area (Å²) in [6.45, 7) is 5.05. The molecule has 0 bridgehead atoms. The average Bonchev–Trinajstić information content (AvgIpc) is 3.23. The van der Waals surface area contributed by atoms with Crippen molar-refractivity contribution in [1.29, 1.82) is 5.26 Å². The number of rotatable bonds is 3. The zero-order chi connectivity index (χ0) is 13.2. The maximum absolute atomic E-state index is 13.4. The minimum Gasteiger partial charge on any atom is -0.298 e. The van der Waals surface area contributed by atoms with Crippen LogP contribution in [0.25, 0.3) is 0 Å². The second-order valence-corrected chi connectivity index (χ2v) is 5.50. The Balaban J connectivity index is 1.59. The molecule has 2 fully saturated rings. The summed E-state index contributed by atoms with van der Waals surface area (Å²) in [6, 6.07) is 7.45. The number of piperazine rings is 1. The van der Waals surface area contributed by atoms with Gasteiger partial charge in [0.25, 0.3) is 0 Å². The highest BCUT2D eigenvalue weighted by Crippen LogP contribution is 2.27.